The van der Waals surface area contributed by atoms with Gasteiger partial charge >= 0.3 is 0 Å². The average molecular weight is 224 g/mol. The number of hydrogen-bond donors (Lipinski definition) is 2. The largest absolute Gasteiger partial charge is 0.396 e. The monoisotopic (exact) mass is 224 g/mol. The van der Waals surface area contributed by atoms with E-state index in [0.29, 0.717) is 12.5 Å². The molecule has 0 aliphatic carbocycles. The molecule has 0 saturated carbocycles. The van der Waals surface area contributed by atoms with E-state index < -0.39 is 0 Å². The molecule has 0 aliphatic rings. The fourth-order valence-electron chi connectivity index (χ4n) is 1.94. The van der Waals surface area contributed by atoms with Gasteiger partial charge in [-0.1, -0.05) is 25.5 Å². The van der Waals surface area contributed by atoms with Crippen LogP contribution in [0.2, 0.25) is 0 Å². The van der Waals surface area contributed by atoms with Gasteiger partial charge in [0.05, 0.1) is 0 Å². The number of rotatable bonds is 6. The Balaban J connectivity index is 2.69. The van der Waals surface area contributed by atoms with Gasteiger partial charge < -0.3 is 5.11 Å². The van der Waals surface area contributed by atoms with E-state index in [1.165, 1.54) is 18.4 Å². The summed E-state index contributed by atoms with van der Waals surface area (Å²) in [5, 5.41) is 8.87. The molecule has 1 N–H and O–H groups in total. The van der Waals surface area contributed by atoms with Gasteiger partial charge in [0, 0.05) is 11.5 Å². The minimum absolute atomic E-state index is 0.292. The zero-order valence-electron chi connectivity index (χ0n) is 9.32. The first-order chi connectivity index (χ1) is 7.27. The smallest absolute Gasteiger partial charge is 0.0431 e. The lowest BCUT2D eigenvalue weighted by molar-refractivity contribution is 0.278. The van der Waals surface area contributed by atoms with E-state index in [-0.39, 0.29) is 0 Å². The molecule has 0 amide bonds. The van der Waals surface area contributed by atoms with Gasteiger partial charge in [-0.05, 0) is 42.9 Å². The van der Waals surface area contributed by atoms with Crippen molar-refractivity contribution in [2.75, 3.05) is 6.61 Å². The van der Waals surface area contributed by atoms with Gasteiger partial charge in [0.15, 0.2) is 0 Å². The molecule has 2 heteroatoms. The molecule has 0 aliphatic heterocycles. The minimum Gasteiger partial charge on any atom is -0.396 e. The lowest BCUT2D eigenvalue weighted by atomic mass is 9.90. The average Bonchev–Trinajstić information content (AvgIpc) is 2.24. The molecule has 0 heterocycles. The van der Waals surface area contributed by atoms with E-state index in [2.05, 4.69) is 37.8 Å². The fraction of sp³-hybridized carbons (Fsp3) is 0.538. The molecule has 1 atom stereocenters. The van der Waals surface area contributed by atoms with Crippen molar-refractivity contribution in [2.45, 2.75) is 43.4 Å². The summed E-state index contributed by atoms with van der Waals surface area (Å²) < 4.78 is 0. The first-order valence-electron chi connectivity index (χ1n) is 5.67. The van der Waals surface area contributed by atoms with Crippen LogP contribution in [0.4, 0.5) is 0 Å². The first kappa shape index (κ1) is 12.6. The molecule has 0 fully saturated rings. The SMILES string of the molecule is CCCC(CCCO)c1cccc(S)c1. The summed E-state index contributed by atoms with van der Waals surface area (Å²) in [6.07, 6.45) is 4.34. The number of aliphatic hydroxyl groups excluding tert-OH is 1. The predicted octanol–water partition coefficient (Wildman–Crippen LogP) is 3.63. The van der Waals surface area contributed by atoms with Gasteiger partial charge in [-0.2, -0.15) is 0 Å². The van der Waals surface area contributed by atoms with Crippen LogP contribution in [0.5, 0.6) is 0 Å². The molecule has 1 aromatic carbocycles. The van der Waals surface area contributed by atoms with Gasteiger partial charge in [0.1, 0.15) is 0 Å². The molecular weight excluding hydrogens is 204 g/mol. The van der Waals surface area contributed by atoms with E-state index in [0.717, 1.165) is 17.7 Å². The second-order valence-electron chi connectivity index (χ2n) is 3.95. The molecule has 1 nitrogen and oxygen atoms in total. The Bertz CT molecular complexity index is 286. The Kier molecular flexibility index (Phi) is 5.81. The molecule has 15 heavy (non-hydrogen) atoms. The van der Waals surface area contributed by atoms with Crippen molar-refractivity contribution in [3.63, 3.8) is 0 Å². The van der Waals surface area contributed by atoms with Crippen LogP contribution in [0.15, 0.2) is 29.2 Å². The summed E-state index contributed by atoms with van der Waals surface area (Å²) in [4.78, 5) is 1.03. The molecular formula is C13H20OS. The van der Waals surface area contributed by atoms with E-state index in [1.54, 1.807) is 0 Å². The minimum atomic E-state index is 0.292. The Morgan fingerprint density at radius 3 is 2.73 bits per heavy atom. The summed E-state index contributed by atoms with van der Waals surface area (Å²) in [5.74, 6) is 0.578. The van der Waals surface area contributed by atoms with Crippen molar-refractivity contribution in [3.8, 4) is 0 Å². The molecule has 1 rings (SSSR count). The normalized spacial score (nSPS) is 12.7. The van der Waals surface area contributed by atoms with E-state index in [9.17, 15) is 0 Å². The van der Waals surface area contributed by atoms with Crippen LogP contribution >= 0.6 is 12.6 Å². The molecule has 1 aromatic rings. The van der Waals surface area contributed by atoms with Gasteiger partial charge in [0.25, 0.3) is 0 Å². The molecule has 0 radical (unpaired) electrons. The molecule has 0 spiro atoms. The second-order valence-corrected chi connectivity index (χ2v) is 4.46. The third kappa shape index (κ3) is 4.27. The lowest BCUT2D eigenvalue weighted by Gasteiger charge is -2.16. The number of aliphatic hydroxyl groups is 1. The van der Waals surface area contributed by atoms with Gasteiger partial charge in [-0.25, -0.2) is 0 Å². The molecule has 1 unspecified atom stereocenters. The molecule has 0 saturated heterocycles. The van der Waals surface area contributed by atoms with Crippen molar-refractivity contribution in [2.24, 2.45) is 0 Å². The Labute approximate surface area is 97.9 Å². The topological polar surface area (TPSA) is 20.2 Å². The van der Waals surface area contributed by atoms with Crippen LogP contribution in [0.3, 0.4) is 0 Å². The Morgan fingerprint density at radius 2 is 2.13 bits per heavy atom. The van der Waals surface area contributed by atoms with Gasteiger partial charge in [-0.3, -0.25) is 0 Å². The zero-order chi connectivity index (χ0) is 11.1. The van der Waals surface area contributed by atoms with Crippen LogP contribution in [0, 0.1) is 0 Å². The van der Waals surface area contributed by atoms with Crippen LogP contribution < -0.4 is 0 Å². The quantitative estimate of drug-likeness (QED) is 0.707. The predicted molar refractivity (Wildman–Crippen MR) is 67.7 cm³/mol. The summed E-state index contributed by atoms with van der Waals surface area (Å²) in [6.45, 7) is 2.50. The zero-order valence-corrected chi connectivity index (χ0v) is 10.2. The molecule has 0 bridgehead atoms. The van der Waals surface area contributed by atoms with Crippen molar-refractivity contribution in [1.82, 2.24) is 0 Å². The molecule has 0 aromatic heterocycles. The highest BCUT2D eigenvalue weighted by Gasteiger charge is 2.10. The number of benzene rings is 1. The third-order valence-electron chi connectivity index (χ3n) is 2.69. The van der Waals surface area contributed by atoms with Crippen molar-refractivity contribution >= 4 is 12.6 Å². The maximum Gasteiger partial charge on any atom is 0.0431 e. The summed E-state index contributed by atoms with van der Waals surface area (Å²) in [6, 6.07) is 8.36. The van der Waals surface area contributed by atoms with Crippen LogP contribution in [0.1, 0.15) is 44.1 Å². The highest BCUT2D eigenvalue weighted by molar-refractivity contribution is 7.80. The second kappa shape index (κ2) is 6.91. The number of hydrogen-bond acceptors (Lipinski definition) is 2. The van der Waals surface area contributed by atoms with Crippen molar-refractivity contribution in [3.05, 3.63) is 29.8 Å². The van der Waals surface area contributed by atoms with Crippen LogP contribution in [-0.2, 0) is 0 Å². The maximum absolute atomic E-state index is 8.87. The Morgan fingerprint density at radius 1 is 1.33 bits per heavy atom. The van der Waals surface area contributed by atoms with E-state index >= 15 is 0 Å². The summed E-state index contributed by atoms with van der Waals surface area (Å²) >= 11 is 4.36. The summed E-state index contributed by atoms with van der Waals surface area (Å²) in [5.41, 5.74) is 1.36. The van der Waals surface area contributed by atoms with Gasteiger partial charge in [-0.15, -0.1) is 12.6 Å². The first-order valence-corrected chi connectivity index (χ1v) is 6.12. The van der Waals surface area contributed by atoms with Crippen molar-refractivity contribution < 1.29 is 5.11 Å². The molecule has 84 valence electrons. The lowest BCUT2D eigenvalue weighted by Crippen LogP contribution is -2.00. The standard InChI is InChI=1S/C13H20OS/c1-2-5-11(7-4-9-14)12-6-3-8-13(15)10-12/h3,6,8,10-11,14-15H,2,4-5,7,9H2,1H3. The van der Waals surface area contributed by atoms with Crippen LogP contribution in [-0.4, -0.2) is 11.7 Å². The van der Waals surface area contributed by atoms with E-state index in [1.807, 2.05) is 6.07 Å². The van der Waals surface area contributed by atoms with Crippen LogP contribution in [0.25, 0.3) is 0 Å². The maximum atomic E-state index is 8.87. The Hall–Kier alpha value is -0.470. The summed E-state index contributed by atoms with van der Waals surface area (Å²) in [7, 11) is 0. The highest BCUT2D eigenvalue weighted by atomic mass is 32.1. The highest BCUT2D eigenvalue weighted by Crippen LogP contribution is 2.27. The van der Waals surface area contributed by atoms with Crippen molar-refractivity contribution in [1.29, 1.82) is 0 Å². The van der Waals surface area contributed by atoms with Gasteiger partial charge in [0.2, 0.25) is 0 Å². The number of thiol groups is 1. The van der Waals surface area contributed by atoms with E-state index in [4.69, 9.17) is 5.11 Å². The third-order valence-corrected chi connectivity index (χ3v) is 2.97. The fourth-order valence-corrected chi connectivity index (χ4v) is 2.18.